The molecule has 0 fully saturated rings. The second-order valence-corrected chi connectivity index (χ2v) is 7.22. The molecule has 0 aliphatic carbocycles. The minimum Gasteiger partial charge on any atom is -0.268 e. The molecule has 0 unspecified atom stereocenters. The maximum Gasteiger partial charge on any atom is 0.267 e. The van der Waals surface area contributed by atoms with E-state index in [2.05, 4.69) is 15.5 Å². The average molecular weight is 418 g/mol. The van der Waals surface area contributed by atoms with Gasteiger partial charge in [0, 0.05) is 0 Å². The third-order valence-electron chi connectivity index (χ3n) is 5.24. The highest BCUT2D eigenvalue weighted by atomic mass is 19.1. The minimum absolute atomic E-state index is 0.0884. The maximum atomic E-state index is 14.1. The van der Waals surface area contributed by atoms with Crippen LogP contribution < -0.4 is 11.0 Å². The van der Waals surface area contributed by atoms with Gasteiger partial charge in [-0.25, -0.2) is 23.8 Å². The van der Waals surface area contributed by atoms with Crippen molar-refractivity contribution in [1.82, 2.24) is 9.55 Å². The molecule has 0 radical (unpaired) electrons. The molecule has 0 aliphatic rings. The van der Waals surface area contributed by atoms with E-state index in [0.29, 0.717) is 16.6 Å². The molecule has 1 aromatic heterocycles. The molecule has 0 saturated carbocycles. The van der Waals surface area contributed by atoms with Crippen LogP contribution in [0.15, 0.2) is 70.6 Å². The predicted octanol–water partition coefficient (Wildman–Crippen LogP) is 5.12. The molecule has 1 heterocycles. The van der Waals surface area contributed by atoms with Crippen molar-refractivity contribution in [1.29, 1.82) is 0 Å². The minimum atomic E-state index is -0.721. The number of benzene rings is 3. The number of fused-ring (bicyclic) bond motifs is 1. The smallest absolute Gasteiger partial charge is 0.267 e. The van der Waals surface area contributed by atoms with E-state index in [1.165, 1.54) is 17.6 Å². The summed E-state index contributed by atoms with van der Waals surface area (Å²) in [4.78, 5) is 17.9. The zero-order chi connectivity index (χ0) is 22.1. The number of anilines is 1. The fraction of sp³-hybridized carbons (Fsp3) is 0.125. The first-order chi connectivity index (χ1) is 14.9. The van der Waals surface area contributed by atoms with Gasteiger partial charge in [-0.1, -0.05) is 30.3 Å². The molecule has 0 atom stereocenters. The largest absolute Gasteiger partial charge is 0.268 e. The Bertz CT molecular complexity index is 1370. The van der Waals surface area contributed by atoms with Gasteiger partial charge in [-0.05, 0) is 62.2 Å². The second-order valence-electron chi connectivity index (χ2n) is 7.22. The van der Waals surface area contributed by atoms with Crippen molar-refractivity contribution in [3.63, 3.8) is 0 Å². The van der Waals surface area contributed by atoms with Gasteiger partial charge in [0.2, 0.25) is 5.95 Å². The van der Waals surface area contributed by atoms with Crippen molar-refractivity contribution in [2.45, 2.75) is 20.8 Å². The number of hydrogen-bond donors (Lipinski definition) is 1. The predicted molar refractivity (Wildman–Crippen MR) is 119 cm³/mol. The maximum absolute atomic E-state index is 14.1. The van der Waals surface area contributed by atoms with Crippen LogP contribution in [0, 0.1) is 25.5 Å². The number of hydrazone groups is 1. The van der Waals surface area contributed by atoms with Crippen LogP contribution in [0.5, 0.6) is 0 Å². The van der Waals surface area contributed by atoms with Gasteiger partial charge < -0.3 is 0 Å². The Balaban J connectivity index is 1.91. The quantitative estimate of drug-likeness (QED) is 0.370. The summed E-state index contributed by atoms with van der Waals surface area (Å²) in [5.41, 5.74) is 5.38. The molecule has 4 rings (SSSR count). The number of hydrogen-bond acceptors (Lipinski definition) is 4. The van der Waals surface area contributed by atoms with E-state index in [1.54, 1.807) is 24.3 Å². The molecule has 31 heavy (non-hydrogen) atoms. The molecule has 0 saturated heterocycles. The summed E-state index contributed by atoms with van der Waals surface area (Å²) in [6.07, 6.45) is 0. The van der Waals surface area contributed by atoms with E-state index in [4.69, 9.17) is 0 Å². The molecule has 5 nitrogen and oxygen atoms in total. The summed E-state index contributed by atoms with van der Waals surface area (Å²) in [7, 11) is 0. The monoisotopic (exact) mass is 418 g/mol. The van der Waals surface area contributed by atoms with Gasteiger partial charge in [-0.15, -0.1) is 0 Å². The molecule has 4 aromatic rings. The first kappa shape index (κ1) is 20.4. The van der Waals surface area contributed by atoms with E-state index in [-0.39, 0.29) is 22.8 Å². The number of nitrogens with zero attached hydrogens (tertiary/aromatic N) is 3. The average Bonchev–Trinajstić information content (AvgIpc) is 2.75. The standard InChI is InChI=1S/C24H20F2N4O/c1-14-8-6-13-21(15(14)2)30-23(31)17-9-4-5-12-20(17)27-24(30)29-28-16(3)22-18(25)10-7-11-19(22)26/h4-13H,1-3H3,(H,27,29)/b28-16-. The van der Waals surface area contributed by atoms with Crippen molar-refractivity contribution in [2.75, 3.05) is 5.43 Å². The van der Waals surface area contributed by atoms with Gasteiger partial charge in [-0.2, -0.15) is 5.10 Å². The first-order valence-corrected chi connectivity index (χ1v) is 9.71. The van der Waals surface area contributed by atoms with E-state index >= 15 is 0 Å². The van der Waals surface area contributed by atoms with E-state index in [0.717, 1.165) is 23.3 Å². The Labute approximate surface area is 177 Å². The Morgan fingerprint density at radius 2 is 1.65 bits per heavy atom. The molecule has 0 aliphatic heterocycles. The van der Waals surface area contributed by atoms with Gasteiger partial charge >= 0.3 is 0 Å². The number of aromatic nitrogens is 2. The molecule has 3 aromatic carbocycles. The molecular weight excluding hydrogens is 398 g/mol. The van der Waals surface area contributed by atoms with Gasteiger partial charge in [0.15, 0.2) is 0 Å². The molecule has 0 amide bonds. The van der Waals surface area contributed by atoms with Gasteiger partial charge in [0.1, 0.15) is 11.6 Å². The highest BCUT2D eigenvalue weighted by Gasteiger charge is 2.16. The lowest BCUT2D eigenvalue weighted by atomic mass is 10.1. The zero-order valence-corrected chi connectivity index (χ0v) is 17.3. The summed E-state index contributed by atoms with van der Waals surface area (Å²) in [5.74, 6) is -1.30. The zero-order valence-electron chi connectivity index (χ0n) is 17.3. The summed E-state index contributed by atoms with van der Waals surface area (Å²) in [6.45, 7) is 5.35. The second kappa shape index (κ2) is 8.10. The van der Waals surface area contributed by atoms with Crippen LogP contribution >= 0.6 is 0 Å². The Hall–Kier alpha value is -3.87. The molecule has 0 spiro atoms. The number of para-hydroxylation sites is 1. The van der Waals surface area contributed by atoms with Crippen molar-refractivity contribution in [2.24, 2.45) is 5.10 Å². The third-order valence-corrected chi connectivity index (χ3v) is 5.24. The molecule has 1 N–H and O–H groups in total. The summed E-state index contributed by atoms with van der Waals surface area (Å²) < 4.78 is 29.7. The van der Waals surface area contributed by atoms with Crippen LogP contribution in [-0.2, 0) is 0 Å². The first-order valence-electron chi connectivity index (χ1n) is 9.71. The lowest BCUT2D eigenvalue weighted by Crippen LogP contribution is -2.24. The Kier molecular flexibility index (Phi) is 5.33. The van der Waals surface area contributed by atoms with Crippen LogP contribution in [0.25, 0.3) is 16.6 Å². The van der Waals surface area contributed by atoms with E-state index in [9.17, 15) is 13.6 Å². The molecule has 156 valence electrons. The highest BCUT2D eigenvalue weighted by Crippen LogP contribution is 2.22. The number of nitrogens with one attached hydrogen (secondary N) is 1. The van der Waals surface area contributed by atoms with Gasteiger partial charge in [0.25, 0.3) is 5.56 Å². The lowest BCUT2D eigenvalue weighted by Gasteiger charge is -2.16. The topological polar surface area (TPSA) is 59.3 Å². The van der Waals surface area contributed by atoms with Crippen molar-refractivity contribution < 1.29 is 8.78 Å². The van der Waals surface area contributed by atoms with Crippen molar-refractivity contribution in [3.05, 3.63) is 99.3 Å². The Morgan fingerprint density at radius 1 is 0.968 bits per heavy atom. The summed E-state index contributed by atoms with van der Waals surface area (Å²) in [6, 6.07) is 16.2. The van der Waals surface area contributed by atoms with Gasteiger partial charge in [-0.3, -0.25) is 4.79 Å². The summed E-state index contributed by atoms with van der Waals surface area (Å²) in [5, 5.41) is 4.59. The SMILES string of the molecule is C/C(=N/Nc1nc2ccccc2c(=O)n1-c1cccc(C)c1C)c1c(F)cccc1F. The van der Waals surface area contributed by atoms with Crippen molar-refractivity contribution in [3.8, 4) is 5.69 Å². The normalized spacial score (nSPS) is 11.7. The lowest BCUT2D eigenvalue weighted by molar-refractivity contribution is 0.579. The van der Waals surface area contributed by atoms with Crippen LogP contribution in [0.1, 0.15) is 23.6 Å². The van der Waals surface area contributed by atoms with Crippen LogP contribution in [0.2, 0.25) is 0 Å². The van der Waals surface area contributed by atoms with Gasteiger partial charge in [0.05, 0.1) is 27.9 Å². The van der Waals surface area contributed by atoms with E-state index < -0.39 is 11.6 Å². The van der Waals surface area contributed by atoms with Crippen LogP contribution in [0.4, 0.5) is 14.7 Å². The third kappa shape index (κ3) is 3.70. The van der Waals surface area contributed by atoms with Crippen LogP contribution in [0.3, 0.4) is 0 Å². The van der Waals surface area contributed by atoms with Crippen molar-refractivity contribution >= 4 is 22.6 Å². The number of rotatable bonds is 4. The fourth-order valence-corrected chi connectivity index (χ4v) is 3.44. The number of halogens is 2. The number of aryl methyl sites for hydroxylation is 1. The molecular formula is C24H20F2N4O. The molecule has 0 bridgehead atoms. The molecule has 7 heteroatoms. The Morgan fingerprint density at radius 3 is 2.39 bits per heavy atom. The summed E-state index contributed by atoms with van der Waals surface area (Å²) >= 11 is 0. The fourth-order valence-electron chi connectivity index (χ4n) is 3.44. The van der Waals surface area contributed by atoms with Crippen LogP contribution in [-0.4, -0.2) is 15.3 Å². The van der Waals surface area contributed by atoms with E-state index in [1.807, 2.05) is 32.0 Å². The highest BCUT2D eigenvalue weighted by molar-refractivity contribution is 5.99.